The molecule has 0 aliphatic heterocycles. The largest absolute Gasteiger partial charge is 0.291 e. The van der Waals surface area contributed by atoms with Crippen molar-refractivity contribution in [3.63, 3.8) is 0 Å². The van der Waals surface area contributed by atoms with Crippen LogP contribution in [0.3, 0.4) is 0 Å². The Morgan fingerprint density at radius 3 is 2.77 bits per heavy atom. The Labute approximate surface area is 84.3 Å². The Hall–Kier alpha value is -1.14. The summed E-state index contributed by atoms with van der Waals surface area (Å²) in [5, 5.41) is 8.85. The molecular weight excluding hydrogens is 230 g/mol. The fraction of sp³-hybridized carbons (Fsp3) is 0.200. The smallest absolute Gasteiger partial charge is 0.194 e. The van der Waals surface area contributed by atoms with Gasteiger partial charge in [0.15, 0.2) is 10.1 Å². The topological polar surface area (TPSA) is 40.9 Å². The highest BCUT2D eigenvalue weighted by atomic mass is 79.9. The van der Waals surface area contributed by atoms with Crippen LogP contribution in [0, 0.1) is 11.3 Å². The van der Waals surface area contributed by atoms with E-state index in [0.29, 0.717) is 12.0 Å². The van der Waals surface area contributed by atoms with Crippen LogP contribution in [0.15, 0.2) is 24.3 Å². The van der Waals surface area contributed by atoms with Crippen LogP contribution in [0.1, 0.15) is 15.9 Å². The summed E-state index contributed by atoms with van der Waals surface area (Å²) in [6.45, 7) is 0. The molecular formula is C10H6BrNO. The molecule has 1 atom stereocenters. The number of carbonyl (C=O) groups excluding carboxylic acids is 1. The number of halogens is 1. The van der Waals surface area contributed by atoms with E-state index in [9.17, 15) is 4.79 Å². The molecule has 0 spiro atoms. The van der Waals surface area contributed by atoms with Crippen LogP contribution in [0.5, 0.6) is 0 Å². The van der Waals surface area contributed by atoms with Crippen molar-refractivity contribution in [1.82, 2.24) is 0 Å². The van der Waals surface area contributed by atoms with E-state index < -0.39 is 4.32 Å². The molecule has 1 aliphatic carbocycles. The molecule has 0 amide bonds. The molecule has 1 aromatic carbocycles. The number of hydrogen-bond acceptors (Lipinski definition) is 2. The predicted octanol–water partition coefficient (Wildman–Crippen LogP) is 2.08. The van der Waals surface area contributed by atoms with Crippen LogP contribution >= 0.6 is 15.9 Å². The van der Waals surface area contributed by atoms with Crippen LogP contribution in [-0.2, 0) is 6.42 Å². The van der Waals surface area contributed by atoms with Gasteiger partial charge in [-0.3, -0.25) is 4.79 Å². The minimum atomic E-state index is -1.02. The fourth-order valence-corrected chi connectivity index (χ4v) is 2.06. The maximum atomic E-state index is 11.7. The summed E-state index contributed by atoms with van der Waals surface area (Å²) in [5.41, 5.74) is 1.62. The lowest BCUT2D eigenvalue weighted by Crippen LogP contribution is -2.25. The quantitative estimate of drug-likeness (QED) is 0.647. The number of benzene rings is 1. The van der Waals surface area contributed by atoms with Crippen LogP contribution in [0.2, 0.25) is 0 Å². The van der Waals surface area contributed by atoms with Gasteiger partial charge in [-0.25, -0.2) is 0 Å². The predicted molar refractivity (Wildman–Crippen MR) is 51.7 cm³/mol. The van der Waals surface area contributed by atoms with Gasteiger partial charge >= 0.3 is 0 Å². The molecule has 3 heteroatoms. The number of carbonyl (C=O) groups is 1. The van der Waals surface area contributed by atoms with Gasteiger partial charge in [0.1, 0.15) is 0 Å². The van der Waals surface area contributed by atoms with E-state index in [1.54, 1.807) is 6.07 Å². The zero-order chi connectivity index (χ0) is 9.47. The van der Waals surface area contributed by atoms with E-state index in [4.69, 9.17) is 5.26 Å². The number of Topliss-reactive ketones (excluding diaryl/α,β-unsaturated/α-hetero) is 1. The Morgan fingerprint density at radius 2 is 2.15 bits per heavy atom. The van der Waals surface area contributed by atoms with Gasteiger partial charge in [-0.15, -0.1) is 0 Å². The van der Waals surface area contributed by atoms with Gasteiger partial charge in [0.05, 0.1) is 6.07 Å². The van der Waals surface area contributed by atoms with Crippen LogP contribution < -0.4 is 0 Å². The summed E-state index contributed by atoms with van der Waals surface area (Å²) in [5.74, 6) is -0.120. The van der Waals surface area contributed by atoms with Gasteiger partial charge in [-0.1, -0.05) is 40.2 Å². The zero-order valence-corrected chi connectivity index (χ0v) is 8.34. The minimum Gasteiger partial charge on any atom is -0.291 e. The summed E-state index contributed by atoms with van der Waals surface area (Å²) in [7, 11) is 0. The Balaban J connectivity index is 2.57. The first kappa shape index (κ1) is 8.46. The number of fused-ring (bicyclic) bond motifs is 1. The molecule has 0 heterocycles. The van der Waals surface area contributed by atoms with E-state index in [1.165, 1.54) is 0 Å². The van der Waals surface area contributed by atoms with Gasteiger partial charge in [0.2, 0.25) is 0 Å². The zero-order valence-electron chi connectivity index (χ0n) is 6.75. The summed E-state index contributed by atoms with van der Waals surface area (Å²) in [4.78, 5) is 11.7. The standard InChI is InChI=1S/C10H6BrNO/c11-10(6-12)5-7-3-1-2-4-8(7)9(10)13/h1-4H,5H2. The molecule has 2 rings (SSSR count). The maximum absolute atomic E-state index is 11.7. The van der Waals surface area contributed by atoms with Crippen molar-refractivity contribution in [3.8, 4) is 6.07 Å². The van der Waals surface area contributed by atoms with Crippen molar-refractivity contribution in [3.05, 3.63) is 35.4 Å². The van der Waals surface area contributed by atoms with Crippen molar-refractivity contribution in [2.24, 2.45) is 0 Å². The van der Waals surface area contributed by atoms with Crippen molar-refractivity contribution in [2.75, 3.05) is 0 Å². The van der Waals surface area contributed by atoms with Gasteiger partial charge in [-0.05, 0) is 5.56 Å². The third-order valence-electron chi connectivity index (χ3n) is 2.23. The number of hydrogen-bond donors (Lipinski definition) is 0. The Morgan fingerprint density at radius 1 is 1.46 bits per heavy atom. The molecule has 0 saturated heterocycles. The second-order valence-electron chi connectivity index (χ2n) is 3.08. The monoisotopic (exact) mass is 235 g/mol. The number of nitrogens with zero attached hydrogens (tertiary/aromatic N) is 1. The normalized spacial score (nSPS) is 25.4. The van der Waals surface area contributed by atoms with Gasteiger partial charge < -0.3 is 0 Å². The molecule has 1 unspecified atom stereocenters. The minimum absolute atomic E-state index is 0.120. The Bertz CT molecular complexity index is 421. The van der Waals surface area contributed by atoms with E-state index in [1.807, 2.05) is 24.3 Å². The summed E-state index contributed by atoms with van der Waals surface area (Å²) in [6, 6.07) is 9.34. The van der Waals surface area contributed by atoms with Crippen LogP contribution in [0.4, 0.5) is 0 Å². The lowest BCUT2D eigenvalue weighted by molar-refractivity contribution is 0.0981. The van der Waals surface area contributed by atoms with Gasteiger partial charge in [0, 0.05) is 12.0 Å². The second kappa shape index (κ2) is 2.68. The molecule has 0 aromatic heterocycles. The highest BCUT2D eigenvalue weighted by Gasteiger charge is 2.43. The van der Waals surface area contributed by atoms with Gasteiger partial charge in [0.25, 0.3) is 0 Å². The highest BCUT2D eigenvalue weighted by molar-refractivity contribution is 9.10. The van der Waals surface area contributed by atoms with Crippen molar-refractivity contribution in [2.45, 2.75) is 10.7 Å². The van der Waals surface area contributed by atoms with Gasteiger partial charge in [-0.2, -0.15) is 5.26 Å². The Kier molecular flexibility index (Phi) is 1.74. The van der Waals surface area contributed by atoms with Crippen molar-refractivity contribution in [1.29, 1.82) is 5.26 Å². The molecule has 0 radical (unpaired) electrons. The molecule has 0 N–H and O–H groups in total. The second-order valence-corrected chi connectivity index (χ2v) is 4.43. The van der Waals surface area contributed by atoms with Crippen LogP contribution in [-0.4, -0.2) is 10.1 Å². The van der Waals surface area contributed by atoms with E-state index in [2.05, 4.69) is 15.9 Å². The third kappa shape index (κ3) is 1.10. The highest BCUT2D eigenvalue weighted by Crippen LogP contribution is 2.35. The van der Waals surface area contributed by atoms with E-state index in [0.717, 1.165) is 5.56 Å². The maximum Gasteiger partial charge on any atom is 0.194 e. The molecule has 0 saturated carbocycles. The van der Waals surface area contributed by atoms with E-state index in [-0.39, 0.29) is 5.78 Å². The molecule has 2 nitrogen and oxygen atoms in total. The fourth-order valence-electron chi connectivity index (χ4n) is 1.54. The first-order valence-electron chi connectivity index (χ1n) is 3.90. The number of alkyl halides is 1. The van der Waals surface area contributed by atoms with Crippen molar-refractivity contribution < 1.29 is 4.79 Å². The summed E-state index contributed by atoms with van der Waals surface area (Å²) in [6.07, 6.45) is 0.471. The summed E-state index contributed by atoms with van der Waals surface area (Å²) < 4.78 is -1.02. The molecule has 13 heavy (non-hydrogen) atoms. The lowest BCUT2D eigenvalue weighted by atomic mass is 10.1. The average Bonchev–Trinajstić information content (AvgIpc) is 2.41. The number of rotatable bonds is 0. The number of ketones is 1. The van der Waals surface area contributed by atoms with Crippen molar-refractivity contribution >= 4 is 21.7 Å². The summed E-state index contributed by atoms with van der Waals surface area (Å²) >= 11 is 3.18. The first-order chi connectivity index (χ1) is 6.17. The molecule has 0 fully saturated rings. The molecule has 64 valence electrons. The van der Waals surface area contributed by atoms with Crippen LogP contribution in [0.25, 0.3) is 0 Å². The average molecular weight is 236 g/mol. The lowest BCUT2D eigenvalue weighted by Gasteiger charge is -2.06. The molecule has 1 aliphatic rings. The molecule has 1 aromatic rings. The third-order valence-corrected chi connectivity index (χ3v) is 3.05. The number of nitriles is 1. The van der Waals surface area contributed by atoms with E-state index >= 15 is 0 Å². The molecule has 0 bridgehead atoms. The SMILES string of the molecule is N#CC1(Br)Cc2ccccc2C1=O. The first-order valence-corrected chi connectivity index (χ1v) is 4.69.